The molecule has 0 bridgehead atoms. The summed E-state index contributed by atoms with van der Waals surface area (Å²) in [6.45, 7) is 1.27. The number of benzene rings is 1. The number of aromatic nitrogens is 2. The molecule has 2 fully saturated rings. The van der Waals surface area contributed by atoms with Gasteiger partial charge in [0.2, 0.25) is 0 Å². The molecule has 1 aromatic carbocycles. The van der Waals surface area contributed by atoms with Crippen molar-refractivity contribution in [2.24, 2.45) is 0 Å². The highest BCUT2D eigenvalue weighted by molar-refractivity contribution is 7.71. The lowest BCUT2D eigenvalue weighted by Crippen LogP contribution is -2.32. The Morgan fingerprint density at radius 3 is 2.78 bits per heavy atom. The van der Waals surface area contributed by atoms with Crippen molar-refractivity contribution >= 4 is 29.0 Å². The zero-order valence-corrected chi connectivity index (χ0v) is 16.1. The van der Waals surface area contributed by atoms with E-state index in [4.69, 9.17) is 17.0 Å². The molecule has 2 heterocycles. The predicted octanol–water partition coefficient (Wildman–Crippen LogP) is 3.47. The van der Waals surface area contributed by atoms with E-state index in [9.17, 15) is 9.59 Å². The number of hydrogen-bond acceptors (Lipinski definition) is 4. The average molecular weight is 388 g/mol. The number of amides is 1. The molecule has 0 radical (unpaired) electrons. The Morgan fingerprint density at radius 1 is 1.22 bits per heavy atom. The van der Waals surface area contributed by atoms with Crippen LogP contribution in [0, 0.1) is 4.77 Å². The van der Waals surface area contributed by atoms with Gasteiger partial charge in [-0.05, 0) is 56.1 Å². The normalized spacial score (nSPS) is 20.8. The number of aromatic amines is 1. The Kier molecular flexibility index (Phi) is 5.41. The summed E-state index contributed by atoms with van der Waals surface area (Å²) < 4.78 is 7.70. The van der Waals surface area contributed by atoms with E-state index in [0.717, 1.165) is 45.1 Å². The van der Waals surface area contributed by atoms with Gasteiger partial charge in [0, 0.05) is 24.8 Å². The van der Waals surface area contributed by atoms with Gasteiger partial charge in [-0.2, -0.15) is 0 Å². The number of carbonyl (C=O) groups excluding carboxylic acids is 1. The average Bonchev–Trinajstić information content (AvgIpc) is 3.20. The van der Waals surface area contributed by atoms with Crippen LogP contribution in [-0.4, -0.2) is 34.7 Å². The summed E-state index contributed by atoms with van der Waals surface area (Å²) in [4.78, 5) is 28.6. The summed E-state index contributed by atoms with van der Waals surface area (Å²) in [6.07, 6.45) is 7.59. The van der Waals surface area contributed by atoms with Crippen molar-refractivity contribution in [3.63, 3.8) is 0 Å². The molecule has 1 saturated heterocycles. The number of rotatable bonds is 4. The van der Waals surface area contributed by atoms with Crippen LogP contribution in [0.5, 0.6) is 0 Å². The molecule has 27 heavy (non-hydrogen) atoms. The number of nitrogens with zero attached hydrogens (tertiary/aromatic N) is 1. The summed E-state index contributed by atoms with van der Waals surface area (Å²) in [6, 6.07) is 5.32. The van der Waals surface area contributed by atoms with E-state index in [1.807, 2.05) is 0 Å². The zero-order chi connectivity index (χ0) is 18.8. The van der Waals surface area contributed by atoms with Crippen LogP contribution >= 0.6 is 12.2 Å². The molecule has 2 N–H and O–H groups in total. The lowest BCUT2D eigenvalue weighted by Gasteiger charge is -2.24. The Hall–Kier alpha value is -1.99. The molecular formula is C20H25N3O3S. The highest BCUT2D eigenvalue weighted by atomic mass is 32.1. The van der Waals surface area contributed by atoms with Crippen molar-refractivity contribution in [3.05, 3.63) is 38.9 Å². The Balaban J connectivity index is 1.60. The largest absolute Gasteiger partial charge is 0.376 e. The van der Waals surface area contributed by atoms with Crippen LogP contribution in [0.2, 0.25) is 0 Å². The molecule has 2 aliphatic rings. The summed E-state index contributed by atoms with van der Waals surface area (Å²) >= 11 is 5.47. The van der Waals surface area contributed by atoms with Gasteiger partial charge in [0.25, 0.3) is 11.5 Å². The van der Waals surface area contributed by atoms with E-state index in [1.54, 1.807) is 22.8 Å². The molecule has 144 valence electrons. The van der Waals surface area contributed by atoms with Crippen LogP contribution in [0.3, 0.4) is 0 Å². The topological polar surface area (TPSA) is 76.1 Å². The highest BCUT2D eigenvalue weighted by Crippen LogP contribution is 2.27. The second-order valence-electron chi connectivity index (χ2n) is 7.50. The van der Waals surface area contributed by atoms with E-state index >= 15 is 0 Å². The number of fused-ring (bicyclic) bond motifs is 1. The Labute approximate surface area is 162 Å². The van der Waals surface area contributed by atoms with Crippen LogP contribution in [0.25, 0.3) is 10.9 Å². The third kappa shape index (κ3) is 3.84. The van der Waals surface area contributed by atoms with E-state index in [2.05, 4.69) is 10.3 Å². The molecule has 0 spiro atoms. The lowest BCUT2D eigenvalue weighted by molar-refractivity contribution is 0.0858. The number of hydrogen-bond donors (Lipinski definition) is 2. The number of carbonyl (C=O) groups is 1. The van der Waals surface area contributed by atoms with Gasteiger partial charge in [0.15, 0.2) is 4.77 Å². The van der Waals surface area contributed by atoms with Crippen molar-refractivity contribution in [3.8, 4) is 0 Å². The fourth-order valence-electron chi connectivity index (χ4n) is 4.16. The molecule has 1 aromatic heterocycles. The fraction of sp³-hybridized carbons (Fsp3) is 0.550. The molecule has 1 amide bonds. The van der Waals surface area contributed by atoms with Gasteiger partial charge in [-0.25, -0.2) is 0 Å². The molecule has 2 aromatic rings. The maximum Gasteiger partial charge on any atom is 0.262 e. The van der Waals surface area contributed by atoms with Gasteiger partial charge in [0.1, 0.15) is 0 Å². The second kappa shape index (κ2) is 7.94. The SMILES string of the molecule is O=C(NC[C@@H]1CCCO1)c1ccc2c(=O)n(C3CCCCC3)c(=S)[nH]c2c1. The molecule has 1 aliphatic heterocycles. The fourth-order valence-corrected chi connectivity index (χ4v) is 4.50. The standard InChI is InChI=1S/C20H25N3O3S/c24-18(21-12-15-7-4-10-26-15)13-8-9-16-17(11-13)22-20(27)23(19(16)25)14-5-2-1-3-6-14/h8-9,11,14-15H,1-7,10,12H2,(H,21,24)(H,22,27)/t15-/m0/s1. The van der Waals surface area contributed by atoms with Crippen molar-refractivity contribution in [1.82, 2.24) is 14.9 Å². The zero-order valence-electron chi connectivity index (χ0n) is 15.3. The van der Waals surface area contributed by atoms with Gasteiger partial charge in [-0.1, -0.05) is 19.3 Å². The third-order valence-corrected chi connectivity index (χ3v) is 5.94. The summed E-state index contributed by atoms with van der Waals surface area (Å²) in [7, 11) is 0. The van der Waals surface area contributed by atoms with Crippen molar-refractivity contribution < 1.29 is 9.53 Å². The Bertz CT molecular complexity index is 953. The first-order valence-corrected chi connectivity index (χ1v) is 10.2. The van der Waals surface area contributed by atoms with Crippen LogP contribution in [0.15, 0.2) is 23.0 Å². The van der Waals surface area contributed by atoms with Gasteiger partial charge < -0.3 is 15.0 Å². The Morgan fingerprint density at radius 2 is 2.04 bits per heavy atom. The van der Waals surface area contributed by atoms with Gasteiger partial charge >= 0.3 is 0 Å². The smallest absolute Gasteiger partial charge is 0.262 e. The molecule has 4 rings (SSSR count). The molecule has 7 heteroatoms. The highest BCUT2D eigenvalue weighted by Gasteiger charge is 2.20. The molecule has 1 atom stereocenters. The minimum Gasteiger partial charge on any atom is -0.376 e. The maximum absolute atomic E-state index is 13.0. The number of ether oxygens (including phenoxy) is 1. The second-order valence-corrected chi connectivity index (χ2v) is 7.89. The first-order valence-electron chi connectivity index (χ1n) is 9.82. The monoisotopic (exact) mass is 387 g/mol. The lowest BCUT2D eigenvalue weighted by atomic mass is 9.95. The molecule has 0 unspecified atom stereocenters. The summed E-state index contributed by atoms with van der Waals surface area (Å²) in [5, 5.41) is 3.48. The molecule has 1 aliphatic carbocycles. The number of H-pyrrole nitrogens is 1. The molecule has 1 saturated carbocycles. The summed E-state index contributed by atoms with van der Waals surface area (Å²) in [5.74, 6) is -0.164. The minimum atomic E-state index is -0.164. The van der Waals surface area contributed by atoms with Gasteiger partial charge in [0.05, 0.1) is 17.0 Å². The van der Waals surface area contributed by atoms with E-state index in [0.29, 0.717) is 27.8 Å². The van der Waals surface area contributed by atoms with E-state index < -0.39 is 0 Å². The third-order valence-electron chi connectivity index (χ3n) is 5.65. The van der Waals surface area contributed by atoms with Crippen LogP contribution in [0.1, 0.15) is 61.3 Å². The molecular weight excluding hydrogens is 362 g/mol. The van der Waals surface area contributed by atoms with Crippen LogP contribution < -0.4 is 10.9 Å². The van der Waals surface area contributed by atoms with E-state index in [-0.39, 0.29) is 23.6 Å². The van der Waals surface area contributed by atoms with Crippen molar-refractivity contribution in [2.45, 2.75) is 57.1 Å². The predicted molar refractivity (Wildman–Crippen MR) is 107 cm³/mol. The van der Waals surface area contributed by atoms with Crippen LogP contribution in [0.4, 0.5) is 0 Å². The van der Waals surface area contributed by atoms with Crippen molar-refractivity contribution in [2.75, 3.05) is 13.2 Å². The molecule has 6 nitrogen and oxygen atoms in total. The van der Waals surface area contributed by atoms with Crippen molar-refractivity contribution in [1.29, 1.82) is 0 Å². The maximum atomic E-state index is 13.0. The summed E-state index contributed by atoms with van der Waals surface area (Å²) in [5.41, 5.74) is 1.06. The first-order chi connectivity index (χ1) is 13.1. The van der Waals surface area contributed by atoms with Gasteiger partial charge in [-0.3, -0.25) is 14.2 Å². The quantitative estimate of drug-likeness (QED) is 0.788. The van der Waals surface area contributed by atoms with E-state index in [1.165, 1.54) is 6.42 Å². The minimum absolute atomic E-state index is 0.0630. The van der Waals surface area contributed by atoms with Gasteiger partial charge in [-0.15, -0.1) is 0 Å². The number of nitrogens with one attached hydrogen (secondary N) is 2. The van der Waals surface area contributed by atoms with Crippen LogP contribution in [-0.2, 0) is 4.74 Å². The first kappa shape index (κ1) is 18.4.